The van der Waals surface area contributed by atoms with Crippen LogP contribution in [0.4, 0.5) is 13.2 Å². The highest BCUT2D eigenvalue weighted by atomic mass is 79.9. The van der Waals surface area contributed by atoms with Crippen LogP contribution in [0, 0.1) is 0 Å². The molecule has 35 heavy (non-hydrogen) atoms. The van der Waals surface area contributed by atoms with Crippen molar-refractivity contribution in [2.24, 2.45) is 0 Å². The normalized spacial score (nSPS) is 18.1. The topological polar surface area (TPSA) is 71.5 Å². The smallest absolute Gasteiger partial charge is 0.405 e. The van der Waals surface area contributed by atoms with Gasteiger partial charge in [-0.25, -0.2) is 4.98 Å². The lowest BCUT2D eigenvalue weighted by Gasteiger charge is -2.39. The van der Waals surface area contributed by atoms with E-state index in [1.165, 1.54) is 18.2 Å². The first-order valence-electron chi connectivity index (χ1n) is 10.8. The van der Waals surface area contributed by atoms with Crippen molar-refractivity contribution in [3.63, 3.8) is 0 Å². The highest BCUT2D eigenvalue weighted by Crippen LogP contribution is 2.30. The van der Waals surface area contributed by atoms with Crippen LogP contribution in [0.5, 0.6) is 5.75 Å². The molecule has 1 aromatic heterocycles. The zero-order valence-electron chi connectivity index (χ0n) is 18.3. The maximum Gasteiger partial charge on any atom is 0.573 e. The van der Waals surface area contributed by atoms with Crippen LogP contribution in [0.3, 0.4) is 0 Å². The van der Waals surface area contributed by atoms with Crippen LogP contribution in [-0.2, 0) is 0 Å². The van der Waals surface area contributed by atoms with Gasteiger partial charge in [0.05, 0.1) is 5.56 Å². The van der Waals surface area contributed by atoms with E-state index in [9.17, 15) is 22.8 Å². The summed E-state index contributed by atoms with van der Waals surface area (Å²) in [6.45, 7) is 0.664. The average Bonchev–Trinajstić information content (AvgIpc) is 2.84. The van der Waals surface area contributed by atoms with Gasteiger partial charge in [-0.2, -0.15) is 0 Å². The quantitative estimate of drug-likeness (QED) is 0.478. The Balaban J connectivity index is 1.56. The zero-order chi connectivity index (χ0) is 25.0. The lowest BCUT2D eigenvalue weighted by molar-refractivity contribution is -0.274. The van der Waals surface area contributed by atoms with E-state index in [1.54, 1.807) is 23.2 Å². The van der Waals surface area contributed by atoms with Crippen molar-refractivity contribution in [2.45, 2.75) is 24.7 Å². The summed E-state index contributed by atoms with van der Waals surface area (Å²) in [5.41, 5.74) is 0.994. The molecule has 2 amide bonds. The van der Waals surface area contributed by atoms with Gasteiger partial charge in [-0.15, -0.1) is 13.2 Å². The fraction of sp³-hybridized carbons (Fsp3) is 0.240. The molecule has 0 saturated carbocycles. The minimum absolute atomic E-state index is 0.214. The van der Waals surface area contributed by atoms with Crippen LogP contribution in [0.15, 0.2) is 77.4 Å². The number of nitrogens with one attached hydrogen (secondary N) is 1. The molecule has 1 fully saturated rings. The molecular formula is C25H21BrF3N3O3. The zero-order valence-corrected chi connectivity index (χ0v) is 19.9. The first-order valence-corrected chi connectivity index (χ1v) is 11.6. The van der Waals surface area contributed by atoms with E-state index in [2.05, 4.69) is 31.0 Å². The maximum atomic E-state index is 13.1. The molecule has 0 aliphatic carbocycles. The molecule has 0 bridgehead atoms. The Bertz CT molecular complexity index is 1190. The van der Waals surface area contributed by atoms with Gasteiger partial charge < -0.3 is 15.0 Å². The first kappa shape index (κ1) is 24.7. The van der Waals surface area contributed by atoms with Crippen molar-refractivity contribution in [2.75, 3.05) is 13.1 Å². The number of alkyl halides is 3. The van der Waals surface area contributed by atoms with E-state index in [0.717, 1.165) is 16.1 Å². The monoisotopic (exact) mass is 547 g/mol. The Morgan fingerprint density at radius 1 is 1.03 bits per heavy atom. The second-order valence-electron chi connectivity index (χ2n) is 8.04. The molecule has 10 heteroatoms. The number of likely N-dealkylation sites (tertiary alicyclic amines) is 1. The molecular weight excluding hydrogens is 527 g/mol. The van der Waals surface area contributed by atoms with Crippen LogP contribution in [0.2, 0.25) is 0 Å². The van der Waals surface area contributed by atoms with Crippen LogP contribution < -0.4 is 10.1 Å². The number of carbonyl (C=O) groups is 2. The first-order chi connectivity index (χ1) is 16.7. The van der Waals surface area contributed by atoms with Crippen LogP contribution >= 0.6 is 15.9 Å². The predicted molar refractivity (Wildman–Crippen MR) is 126 cm³/mol. The number of pyridine rings is 1. The van der Waals surface area contributed by atoms with Crippen LogP contribution in [0.1, 0.15) is 38.7 Å². The van der Waals surface area contributed by atoms with Crippen LogP contribution in [-0.4, -0.2) is 47.2 Å². The SMILES string of the molecule is O=C(N[C@@H]1CCN(C(=O)c2ccc(Br)cn2)C[C@@H]1c1ccccc1)c1ccccc1OC(F)(F)F. The molecule has 2 heterocycles. The molecule has 0 unspecified atom stereocenters. The summed E-state index contributed by atoms with van der Waals surface area (Å²) < 4.78 is 43.2. The van der Waals surface area contributed by atoms with Gasteiger partial charge in [-0.1, -0.05) is 42.5 Å². The number of piperidine rings is 1. The van der Waals surface area contributed by atoms with Gasteiger partial charge in [-0.3, -0.25) is 9.59 Å². The highest BCUT2D eigenvalue weighted by molar-refractivity contribution is 9.10. The molecule has 0 radical (unpaired) electrons. The summed E-state index contributed by atoms with van der Waals surface area (Å²) in [4.78, 5) is 31.9. The largest absolute Gasteiger partial charge is 0.573 e. The van der Waals surface area contributed by atoms with E-state index in [0.29, 0.717) is 25.2 Å². The summed E-state index contributed by atoms with van der Waals surface area (Å²) >= 11 is 3.30. The summed E-state index contributed by atoms with van der Waals surface area (Å²) in [6, 6.07) is 17.6. The molecule has 0 spiro atoms. The van der Waals surface area contributed by atoms with Gasteiger partial charge in [0.1, 0.15) is 11.4 Å². The third-order valence-corrected chi connectivity index (χ3v) is 6.22. The summed E-state index contributed by atoms with van der Waals surface area (Å²) in [6.07, 6.45) is -2.96. The number of hydrogen-bond acceptors (Lipinski definition) is 4. The maximum absolute atomic E-state index is 13.1. The summed E-state index contributed by atoms with van der Waals surface area (Å²) in [5.74, 6) is -1.75. The Labute approximate surface area is 208 Å². The lowest BCUT2D eigenvalue weighted by atomic mass is 9.85. The van der Waals surface area contributed by atoms with Gasteiger partial charge in [0.15, 0.2) is 0 Å². The van der Waals surface area contributed by atoms with Gasteiger partial charge in [0.2, 0.25) is 0 Å². The number of carbonyl (C=O) groups excluding carboxylic acids is 2. The number of benzene rings is 2. The van der Waals surface area contributed by atoms with E-state index in [1.807, 2.05) is 30.3 Å². The lowest BCUT2D eigenvalue weighted by Crippen LogP contribution is -2.51. The highest BCUT2D eigenvalue weighted by Gasteiger charge is 2.36. The number of nitrogens with zero attached hydrogens (tertiary/aromatic N) is 2. The number of amides is 2. The van der Waals surface area contributed by atoms with E-state index in [-0.39, 0.29) is 17.4 Å². The number of rotatable bonds is 5. The molecule has 6 nitrogen and oxygen atoms in total. The van der Waals surface area contributed by atoms with Crippen LogP contribution in [0.25, 0.3) is 0 Å². The third kappa shape index (κ3) is 6.19. The number of ether oxygens (including phenoxy) is 1. The predicted octanol–water partition coefficient (Wildman–Crippen LogP) is 5.17. The van der Waals surface area contributed by atoms with Gasteiger partial charge >= 0.3 is 6.36 Å². The average molecular weight is 548 g/mol. The Kier molecular flexibility index (Phi) is 7.39. The van der Waals surface area contributed by atoms with Gasteiger partial charge in [-0.05, 0) is 52.2 Å². The Morgan fingerprint density at radius 2 is 1.74 bits per heavy atom. The molecule has 2 aromatic carbocycles. The van der Waals surface area contributed by atoms with Gasteiger partial charge in [0.25, 0.3) is 11.8 Å². The molecule has 182 valence electrons. The molecule has 1 saturated heterocycles. The molecule has 1 N–H and O–H groups in total. The fourth-order valence-electron chi connectivity index (χ4n) is 4.13. The third-order valence-electron chi connectivity index (χ3n) is 5.75. The minimum atomic E-state index is -4.92. The van der Waals surface area contributed by atoms with Gasteiger partial charge in [0, 0.05) is 35.7 Å². The Hall–Kier alpha value is -3.40. The molecule has 1 aliphatic heterocycles. The van der Waals surface area contributed by atoms with Crippen molar-refractivity contribution in [1.82, 2.24) is 15.2 Å². The molecule has 1 aliphatic rings. The molecule has 2 atom stereocenters. The van der Waals surface area contributed by atoms with E-state index >= 15 is 0 Å². The number of hydrogen-bond donors (Lipinski definition) is 1. The standard InChI is InChI=1S/C25H21BrF3N3O3/c26-17-10-11-21(30-14-17)24(34)32-13-12-20(19(15-32)16-6-2-1-3-7-16)31-23(33)18-8-4-5-9-22(18)35-25(27,28)29/h1-11,14,19-20H,12-13,15H2,(H,31,33)/t19-,20-/m1/s1. The number of halogens is 4. The van der Waals surface area contributed by atoms with E-state index in [4.69, 9.17) is 0 Å². The molecule has 3 aromatic rings. The fourth-order valence-corrected chi connectivity index (χ4v) is 4.36. The van der Waals surface area contributed by atoms with Crippen molar-refractivity contribution in [3.05, 3.63) is 94.2 Å². The van der Waals surface area contributed by atoms with Crippen molar-refractivity contribution in [3.8, 4) is 5.75 Å². The minimum Gasteiger partial charge on any atom is -0.405 e. The van der Waals surface area contributed by atoms with Crippen molar-refractivity contribution >= 4 is 27.7 Å². The summed E-state index contributed by atoms with van der Waals surface area (Å²) in [5, 5.41) is 2.87. The number of para-hydroxylation sites is 1. The molecule has 4 rings (SSSR count). The van der Waals surface area contributed by atoms with E-state index < -0.39 is 24.1 Å². The second kappa shape index (κ2) is 10.5. The van der Waals surface area contributed by atoms with Crippen molar-refractivity contribution < 1.29 is 27.5 Å². The van der Waals surface area contributed by atoms with Crippen molar-refractivity contribution in [1.29, 1.82) is 0 Å². The second-order valence-corrected chi connectivity index (χ2v) is 8.96. The summed E-state index contributed by atoms with van der Waals surface area (Å²) in [7, 11) is 0. The Morgan fingerprint density at radius 3 is 2.43 bits per heavy atom. The number of aromatic nitrogens is 1.